The average Bonchev–Trinajstić information content (AvgIpc) is 3.12. The minimum atomic E-state index is -0.375. The second-order valence-corrected chi connectivity index (χ2v) is 8.67. The molecule has 1 aliphatic rings. The van der Waals surface area contributed by atoms with Crippen LogP contribution in [0.1, 0.15) is 37.6 Å². The Labute approximate surface area is 195 Å². The summed E-state index contributed by atoms with van der Waals surface area (Å²) in [6.45, 7) is 7.25. The fraction of sp³-hybridized carbons (Fsp3) is 0.375. The minimum Gasteiger partial charge on any atom is -0.491 e. The first-order valence-corrected chi connectivity index (χ1v) is 11.7. The van der Waals surface area contributed by atoms with Gasteiger partial charge in [-0.1, -0.05) is 11.3 Å². The zero-order valence-electron chi connectivity index (χ0n) is 18.8. The summed E-state index contributed by atoms with van der Waals surface area (Å²) in [5.41, 5.74) is 1.27. The van der Waals surface area contributed by atoms with Crippen molar-refractivity contribution in [1.29, 1.82) is 0 Å². The van der Waals surface area contributed by atoms with Crippen molar-refractivity contribution < 1.29 is 28.5 Å². The largest absolute Gasteiger partial charge is 0.491 e. The Morgan fingerprint density at radius 2 is 1.82 bits per heavy atom. The number of hydrogen-bond donors (Lipinski definition) is 0. The molecule has 8 nitrogen and oxygen atoms in total. The smallest absolute Gasteiger partial charge is 0.307 e. The maximum absolute atomic E-state index is 12.9. The third-order valence-corrected chi connectivity index (χ3v) is 5.90. The molecular weight excluding hydrogens is 444 g/mol. The zero-order valence-corrected chi connectivity index (χ0v) is 19.6. The number of ether oxygens (including phenoxy) is 4. The van der Waals surface area contributed by atoms with Crippen LogP contribution in [0.25, 0.3) is 10.2 Å². The third-order valence-electron chi connectivity index (χ3n) is 4.86. The molecule has 0 N–H and O–H groups in total. The molecule has 9 heteroatoms. The van der Waals surface area contributed by atoms with Gasteiger partial charge in [0, 0.05) is 24.2 Å². The number of carbonyl (C=O) groups is 2. The molecule has 0 radical (unpaired) electrons. The van der Waals surface area contributed by atoms with Crippen molar-refractivity contribution in [3.8, 4) is 17.2 Å². The summed E-state index contributed by atoms with van der Waals surface area (Å²) in [7, 11) is 0. The first kappa shape index (κ1) is 22.8. The van der Waals surface area contributed by atoms with E-state index in [0.717, 1.165) is 10.2 Å². The predicted octanol–water partition coefficient (Wildman–Crippen LogP) is 3.96. The van der Waals surface area contributed by atoms with Crippen LogP contribution >= 0.6 is 11.3 Å². The molecule has 0 fully saturated rings. The number of aryl methyl sites for hydroxylation is 1. The maximum Gasteiger partial charge on any atom is 0.307 e. The van der Waals surface area contributed by atoms with Gasteiger partial charge in [-0.2, -0.15) is 4.99 Å². The summed E-state index contributed by atoms with van der Waals surface area (Å²) in [5.74, 6) is 1.31. The third kappa shape index (κ3) is 5.36. The van der Waals surface area contributed by atoms with E-state index in [2.05, 4.69) is 4.99 Å². The second-order valence-electron chi connectivity index (χ2n) is 7.66. The number of amides is 1. The molecule has 1 amide bonds. The summed E-state index contributed by atoms with van der Waals surface area (Å²) in [5, 5.41) is 0. The van der Waals surface area contributed by atoms with Gasteiger partial charge in [-0.15, -0.1) is 0 Å². The molecule has 1 aromatic heterocycles. The van der Waals surface area contributed by atoms with Gasteiger partial charge in [0.1, 0.15) is 19.0 Å². The van der Waals surface area contributed by atoms with Crippen LogP contribution in [0, 0.1) is 0 Å². The van der Waals surface area contributed by atoms with Gasteiger partial charge in [0.2, 0.25) is 0 Å². The first-order chi connectivity index (χ1) is 15.9. The highest BCUT2D eigenvalue weighted by Gasteiger charge is 2.18. The van der Waals surface area contributed by atoms with Gasteiger partial charge in [0.15, 0.2) is 16.3 Å². The van der Waals surface area contributed by atoms with Gasteiger partial charge >= 0.3 is 5.97 Å². The molecule has 2 heterocycles. The lowest BCUT2D eigenvalue weighted by Crippen LogP contribution is -2.20. The van der Waals surface area contributed by atoms with Crippen molar-refractivity contribution in [2.24, 2.45) is 4.99 Å². The molecular formula is C24H26N2O6S. The van der Waals surface area contributed by atoms with Gasteiger partial charge in [0.05, 0.1) is 29.3 Å². The SMILES string of the molecule is CCOC(=O)CCn1c(=NC(=O)c2ccc(OC(C)C)cc2)sc2cc3c(cc21)OCCO3. The number of rotatable bonds is 7. The number of benzene rings is 2. The lowest BCUT2D eigenvalue weighted by atomic mass is 10.2. The van der Waals surface area contributed by atoms with Gasteiger partial charge < -0.3 is 23.5 Å². The molecule has 0 bridgehead atoms. The standard InChI is InChI=1S/C24H26N2O6S/c1-4-29-22(27)9-10-26-18-13-19-20(31-12-11-30-19)14-21(18)33-24(26)25-23(28)16-5-7-17(8-6-16)32-15(2)3/h5-8,13-15H,4,9-12H2,1-3H3. The Hall–Kier alpha value is -3.33. The van der Waals surface area contributed by atoms with E-state index < -0.39 is 0 Å². The van der Waals surface area contributed by atoms with Crippen molar-refractivity contribution in [1.82, 2.24) is 4.57 Å². The summed E-state index contributed by atoms with van der Waals surface area (Å²) in [4.78, 5) is 29.8. The molecule has 2 aromatic carbocycles. The molecule has 4 rings (SSSR count). The number of carbonyl (C=O) groups excluding carboxylic acids is 2. The van der Waals surface area contributed by atoms with Crippen LogP contribution in [0.2, 0.25) is 0 Å². The van der Waals surface area contributed by atoms with Gasteiger partial charge in [-0.05, 0) is 45.0 Å². The van der Waals surface area contributed by atoms with E-state index in [-0.39, 0.29) is 24.4 Å². The number of thiazole rings is 1. The Balaban J connectivity index is 1.71. The molecule has 0 saturated heterocycles. The molecule has 0 atom stereocenters. The summed E-state index contributed by atoms with van der Waals surface area (Å²) in [6, 6.07) is 10.7. The zero-order chi connectivity index (χ0) is 23.4. The average molecular weight is 471 g/mol. The van der Waals surface area contributed by atoms with E-state index >= 15 is 0 Å². The molecule has 33 heavy (non-hydrogen) atoms. The molecule has 0 spiro atoms. The quantitative estimate of drug-likeness (QED) is 0.486. The van der Waals surface area contributed by atoms with E-state index in [1.807, 2.05) is 30.5 Å². The number of hydrogen-bond acceptors (Lipinski definition) is 7. The van der Waals surface area contributed by atoms with Crippen LogP contribution in [-0.4, -0.2) is 42.4 Å². The topological polar surface area (TPSA) is 88.4 Å². The van der Waals surface area contributed by atoms with Gasteiger partial charge in [0.25, 0.3) is 5.91 Å². The van der Waals surface area contributed by atoms with Crippen LogP contribution in [0.5, 0.6) is 17.2 Å². The van der Waals surface area contributed by atoms with Gasteiger partial charge in [-0.3, -0.25) is 9.59 Å². The Kier molecular flexibility index (Phi) is 6.98. The first-order valence-electron chi connectivity index (χ1n) is 10.9. The van der Waals surface area contributed by atoms with Crippen LogP contribution in [0.15, 0.2) is 41.4 Å². The molecule has 0 aliphatic carbocycles. The lowest BCUT2D eigenvalue weighted by molar-refractivity contribution is -0.143. The number of nitrogens with zero attached hydrogens (tertiary/aromatic N) is 2. The van der Waals surface area contributed by atoms with Crippen LogP contribution in [0.3, 0.4) is 0 Å². The fourth-order valence-corrected chi connectivity index (χ4v) is 4.51. The van der Waals surface area contributed by atoms with Crippen molar-refractivity contribution in [2.75, 3.05) is 19.8 Å². The van der Waals surface area contributed by atoms with E-state index in [4.69, 9.17) is 18.9 Å². The van der Waals surface area contributed by atoms with Gasteiger partial charge in [-0.25, -0.2) is 0 Å². The number of fused-ring (bicyclic) bond motifs is 2. The predicted molar refractivity (Wildman–Crippen MR) is 124 cm³/mol. The van der Waals surface area contributed by atoms with Crippen LogP contribution in [0.4, 0.5) is 0 Å². The Bertz CT molecular complexity index is 1230. The molecule has 3 aromatic rings. The van der Waals surface area contributed by atoms with Crippen molar-refractivity contribution in [3.63, 3.8) is 0 Å². The van der Waals surface area contributed by atoms with E-state index in [9.17, 15) is 9.59 Å². The summed E-state index contributed by atoms with van der Waals surface area (Å²) >= 11 is 1.36. The maximum atomic E-state index is 12.9. The number of esters is 1. The summed E-state index contributed by atoms with van der Waals surface area (Å²) in [6.07, 6.45) is 0.212. The highest BCUT2D eigenvalue weighted by molar-refractivity contribution is 7.16. The minimum absolute atomic E-state index is 0.0481. The Morgan fingerprint density at radius 1 is 1.12 bits per heavy atom. The Morgan fingerprint density at radius 3 is 2.48 bits per heavy atom. The highest BCUT2D eigenvalue weighted by Crippen LogP contribution is 2.35. The molecule has 1 aliphatic heterocycles. The van der Waals surface area contributed by atoms with Crippen LogP contribution < -0.4 is 19.0 Å². The fourth-order valence-electron chi connectivity index (χ4n) is 3.44. The normalized spacial score (nSPS) is 13.4. The second kappa shape index (κ2) is 10.1. The van der Waals surface area contributed by atoms with E-state index in [0.29, 0.717) is 54.0 Å². The van der Waals surface area contributed by atoms with E-state index in [1.54, 1.807) is 31.2 Å². The summed E-state index contributed by atoms with van der Waals surface area (Å²) < 4.78 is 24.8. The molecule has 174 valence electrons. The highest BCUT2D eigenvalue weighted by atomic mass is 32.1. The van der Waals surface area contributed by atoms with Crippen LogP contribution in [-0.2, 0) is 16.1 Å². The number of aromatic nitrogens is 1. The monoisotopic (exact) mass is 470 g/mol. The molecule has 0 saturated carbocycles. The molecule has 0 unspecified atom stereocenters. The van der Waals surface area contributed by atoms with Crippen molar-refractivity contribution in [3.05, 3.63) is 46.8 Å². The lowest BCUT2D eigenvalue weighted by Gasteiger charge is -2.18. The van der Waals surface area contributed by atoms with Crippen molar-refractivity contribution in [2.45, 2.75) is 39.8 Å². The van der Waals surface area contributed by atoms with Crippen molar-refractivity contribution >= 4 is 33.4 Å². The van der Waals surface area contributed by atoms with E-state index in [1.165, 1.54) is 11.3 Å².